The number of rotatable bonds is 2. The number of carboxylic acid groups (broad SMARTS) is 1. The molecule has 0 radical (unpaired) electrons. The lowest BCUT2D eigenvalue weighted by atomic mass is 10.00. The van der Waals surface area contributed by atoms with Crippen molar-refractivity contribution in [3.05, 3.63) is 52.8 Å². The molecule has 2 aromatic carbocycles. The smallest absolute Gasteiger partial charge is 0.416 e. The standard InChI is InChI=1S/C15H8ClF3N2O2/c16-11-5-8(15(17,18)19)1-2-9(11)7-3-10(14(22)23)13-12(4-7)20-6-21-13/h1-6H,(H,20,21)(H,22,23). The van der Waals surface area contributed by atoms with Crippen LogP contribution in [0.2, 0.25) is 5.02 Å². The molecule has 1 aromatic heterocycles. The molecule has 0 fully saturated rings. The molecular weight excluding hydrogens is 333 g/mol. The normalized spacial score (nSPS) is 11.8. The maximum Gasteiger partial charge on any atom is 0.416 e. The van der Waals surface area contributed by atoms with Crippen LogP contribution in [-0.4, -0.2) is 21.0 Å². The van der Waals surface area contributed by atoms with Crippen molar-refractivity contribution in [1.82, 2.24) is 9.97 Å². The van der Waals surface area contributed by atoms with Crippen LogP contribution in [-0.2, 0) is 6.18 Å². The molecule has 0 saturated carbocycles. The second-order valence-corrected chi connectivity index (χ2v) is 5.23. The quantitative estimate of drug-likeness (QED) is 0.716. The first-order valence-corrected chi connectivity index (χ1v) is 6.72. The second-order valence-electron chi connectivity index (χ2n) is 4.82. The summed E-state index contributed by atoms with van der Waals surface area (Å²) in [5.74, 6) is -1.19. The predicted octanol–water partition coefficient (Wildman–Crippen LogP) is 4.60. The van der Waals surface area contributed by atoms with Gasteiger partial charge in [-0.15, -0.1) is 0 Å². The Morgan fingerprint density at radius 2 is 1.96 bits per heavy atom. The molecule has 1 heterocycles. The van der Waals surface area contributed by atoms with Crippen molar-refractivity contribution in [3.63, 3.8) is 0 Å². The molecule has 0 atom stereocenters. The summed E-state index contributed by atoms with van der Waals surface area (Å²) in [4.78, 5) is 18.0. The number of fused-ring (bicyclic) bond motifs is 1. The summed E-state index contributed by atoms with van der Waals surface area (Å²) in [7, 11) is 0. The molecule has 0 bridgehead atoms. The van der Waals surface area contributed by atoms with Gasteiger partial charge in [-0.2, -0.15) is 13.2 Å². The van der Waals surface area contributed by atoms with Crippen LogP contribution in [0.3, 0.4) is 0 Å². The van der Waals surface area contributed by atoms with E-state index in [1.807, 2.05) is 0 Å². The van der Waals surface area contributed by atoms with Crippen molar-refractivity contribution in [1.29, 1.82) is 0 Å². The second kappa shape index (κ2) is 5.27. The number of hydrogen-bond acceptors (Lipinski definition) is 2. The third-order valence-electron chi connectivity index (χ3n) is 3.36. The Balaban J connectivity index is 2.19. The van der Waals surface area contributed by atoms with E-state index in [4.69, 9.17) is 11.6 Å². The van der Waals surface area contributed by atoms with Gasteiger partial charge in [0.2, 0.25) is 0 Å². The van der Waals surface area contributed by atoms with Crippen molar-refractivity contribution in [2.75, 3.05) is 0 Å². The fourth-order valence-electron chi connectivity index (χ4n) is 2.29. The highest BCUT2D eigenvalue weighted by Crippen LogP contribution is 2.36. The molecule has 118 valence electrons. The van der Waals surface area contributed by atoms with Gasteiger partial charge in [0.25, 0.3) is 0 Å². The number of alkyl halides is 3. The van der Waals surface area contributed by atoms with E-state index in [1.54, 1.807) is 6.07 Å². The van der Waals surface area contributed by atoms with E-state index < -0.39 is 17.7 Å². The SMILES string of the molecule is O=C(O)c1cc(-c2ccc(C(F)(F)F)cc2Cl)cc2[nH]cnc12. The van der Waals surface area contributed by atoms with E-state index in [-0.39, 0.29) is 16.1 Å². The van der Waals surface area contributed by atoms with Gasteiger partial charge in [-0.25, -0.2) is 9.78 Å². The number of hydrogen-bond donors (Lipinski definition) is 2. The Bertz CT molecular complexity index is 919. The Kier molecular flexibility index (Phi) is 3.52. The van der Waals surface area contributed by atoms with E-state index in [0.717, 1.165) is 12.1 Å². The molecule has 0 aliphatic rings. The molecule has 23 heavy (non-hydrogen) atoms. The summed E-state index contributed by atoms with van der Waals surface area (Å²) in [5.41, 5.74) is 0.485. The number of benzene rings is 2. The molecule has 8 heteroatoms. The summed E-state index contributed by atoms with van der Waals surface area (Å²) >= 11 is 5.95. The molecule has 0 aliphatic heterocycles. The average molecular weight is 341 g/mol. The minimum Gasteiger partial charge on any atom is -0.478 e. The average Bonchev–Trinajstić information content (AvgIpc) is 2.93. The Morgan fingerprint density at radius 1 is 1.22 bits per heavy atom. The summed E-state index contributed by atoms with van der Waals surface area (Å²) in [6.45, 7) is 0. The van der Waals surface area contributed by atoms with E-state index in [9.17, 15) is 23.1 Å². The molecule has 2 N–H and O–H groups in total. The highest BCUT2D eigenvalue weighted by Gasteiger charge is 2.31. The predicted molar refractivity (Wildman–Crippen MR) is 78.5 cm³/mol. The van der Waals surface area contributed by atoms with Crippen LogP contribution in [0.4, 0.5) is 13.2 Å². The van der Waals surface area contributed by atoms with Gasteiger partial charge in [-0.3, -0.25) is 0 Å². The zero-order valence-electron chi connectivity index (χ0n) is 11.3. The lowest BCUT2D eigenvalue weighted by Crippen LogP contribution is -2.04. The Morgan fingerprint density at radius 3 is 2.57 bits per heavy atom. The van der Waals surface area contributed by atoms with Crippen LogP contribution in [0.5, 0.6) is 0 Å². The van der Waals surface area contributed by atoms with Gasteiger partial charge in [0, 0.05) is 10.6 Å². The lowest BCUT2D eigenvalue weighted by Gasteiger charge is -2.11. The van der Waals surface area contributed by atoms with Crippen molar-refractivity contribution in [2.24, 2.45) is 0 Å². The number of aromatic amines is 1. The Labute approximate surface area is 132 Å². The number of carbonyl (C=O) groups is 1. The fraction of sp³-hybridized carbons (Fsp3) is 0.0667. The van der Waals surface area contributed by atoms with Crippen LogP contribution < -0.4 is 0 Å². The summed E-state index contributed by atoms with van der Waals surface area (Å²) < 4.78 is 38.1. The van der Waals surface area contributed by atoms with Crippen LogP contribution in [0, 0.1) is 0 Å². The third-order valence-corrected chi connectivity index (χ3v) is 3.67. The first kappa shape index (κ1) is 15.4. The van der Waals surface area contributed by atoms with Crippen LogP contribution >= 0.6 is 11.6 Å². The molecule has 0 aliphatic carbocycles. The first-order valence-electron chi connectivity index (χ1n) is 6.35. The number of H-pyrrole nitrogens is 1. The Hall–Kier alpha value is -2.54. The van der Waals surface area contributed by atoms with Crippen molar-refractivity contribution < 1.29 is 23.1 Å². The highest BCUT2D eigenvalue weighted by molar-refractivity contribution is 6.33. The molecule has 0 amide bonds. The number of carboxylic acids is 1. The van der Waals surface area contributed by atoms with Crippen molar-refractivity contribution in [2.45, 2.75) is 6.18 Å². The molecule has 0 unspecified atom stereocenters. The highest BCUT2D eigenvalue weighted by atomic mass is 35.5. The van der Waals surface area contributed by atoms with Gasteiger partial charge >= 0.3 is 12.1 Å². The van der Waals surface area contributed by atoms with Crippen molar-refractivity contribution in [3.8, 4) is 11.1 Å². The van der Waals surface area contributed by atoms with Crippen LogP contribution in [0.1, 0.15) is 15.9 Å². The molecule has 0 saturated heterocycles. The lowest BCUT2D eigenvalue weighted by molar-refractivity contribution is -0.137. The fourth-order valence-corrected chi connectivity index (χ4v) is 2.58. The minimum atomic E-state index is -4.50. The number of nitrogens with one attached hydrogen (secondary N) is 1. The summed E-state index contributed by atoms with van der Waals surface area (Å²) in [5, 5.41) is 9.14. The van der Waals surface area contributed by atoms with E-state index in [1.165, 1.54) is 18.5 Å². The van der Waals surface area contributed by atoms with Gasteiger partial charge in [0.05, 0.1) is 23.0 Å². The summed E-state index contributed by atoms with van der Waals surface area (Å²) in [6.07, 6.45) is -3.16. The zero-order chi connectivity index (χ0) is 16.8. The van der Waals surface area contributed by atoms with Crippen LogP contribution in [0.15, 0.2) is 36.7 Å². The maximum atomic E-state index is 12.7. The number of nitrogens with zero attached hydrogens (tertiary/aromatic N) is 1. The first-order chi connectivity index (χ1) is 10.8. The molecular formula is C15H8ClF3N2O2. The molecule has 3 aromatic rings. The topological polar surface area (TPSA) is 66.0 Å². The summed E-state index contributed by atoms with van der Waals surface area (Å²) in [6, 6.07) is 5.85. The third kappa shape index (κ3) is 2.75. The number of imidazole rings is 1. The minimum absolute atomic E-state index is 0.0604. The van der Waals surface area contributed by atoms with Gasteiger partial charge in [-0.1, -0.05) is 17.7 Å². The monoisotopic (exact) mass is 340 g/mol. The maximum absolute atomic E-state index is 12.7. The number of aromatic nitrogens is 2. The number of aromatic carboxylic acids is 1. The van der Waals surface area contributed by atoms with Gasteiger partial charge in [-0.05, 0) is 29.8 Å². The van der Waals surface area contributed by atoms with Gasteiger partial charge < -0.3 is 10.1 Å². The molecule has 3 rings (SSSR count). The molecule has 4 nitrogen and oxygen atoms in total. The van der Waals surface area contributed by atoms with E-state index in [2.05, 4.69) is 9.97 Å². The largest absolute Gasteiger partial charge is 0.478 e. The molecule has 0 spiro atoms. The van der Waals surface area contributed by atoms with E-state index >= 15 is 0 Å². The van der Waals surface area contributed by atoms with Crippen molar-refractivity contribution >= 4 is 28.6 Å². The van der Waals surface area contributed by atoms with Crippen LogP contribution in [0.25, 0.3) is 22.2 Å². The zero-order valence-corrected chi connectivity index (χ0v) is 12.0. The van der Waals surface area contributed by atoms with E-state index in [0.29, 0.717) is 16.6 Å². The number of halogens is 4. The van der Waals surface area contributed by atoms with Gasteiger partial charge in [0.1, 0.15) is 5.52 Å². The van der Waals surface area contributed by atoms with Gasteiger partial charge in [0.15, 0.2) is 0 Å².